The Balaban J connectivity index is 2.18. The maximum Gasteiger partial charge on any atom is 0.306 e. The third-order valence-electron chi connectivity index (χ3n) is 2.86. The zero-order valence-corrected chi connectivity index (χ0v) is 10.5. The normalized spacial score (nSPS) is 21.2. The van der Waals surface area contributed by atoms with Crippen molar-refractivity contribution in [2.45, 2.75) is 38.6 Å². The summed E-state index contributed by atoms with van der Waals surface area (Å²) in [6, 6.07) is 0.182. The lowest BCUT2D eigenvalue weighted by Crippen LogP contribution is -2.44. The number of nitrogens with two attached hydrogens (primary N) is 1. The van der Waals surface area contributed by atoms with Gasteiger partial charge < -0.3 is 10.5 Å². The molecule has 1 fully saturated rings. The molecule has 98 valence electrons. The van der Waals surface area contributed by atoms with Gasteiger partial charge in [0.1, 0.15) is 5.78 Å². The van der Waals surface area contributed by atoms with E-state index in [1.54, 1.807) is 6.92 Å². The van der Waals surface area contributed by atoms with E-state index in [-0.39, 0.29) is 30.6 Å². The van der Waals surface area contributed by atoms with Gasteiger partial charge in [-0.15, -0.1) is 0 Å². The van der Waals surface area contributed by atoms with Crippen LogP contribution in [0.3, 0.4) is 0 Å². The van der Waals surface area contributed by atoms with E-state index in [0.717, 1.165) is 25.9 Å². The van der Waals surface area contributed by atoms with Crippen LogP contribution >= 0.6 is 0 Å². The monoisotopic (exact) mass is 242 g/mol. The number of nitrogens with zero attached hydrogens (tertiary/aromatic N) is 1. The van der Waals surface area contributed by atoms with Gasteiger partial charge in [0.05, 0.1) is 19.6 Å². The van der Waals surface area contributed by atoms with Crippen LogP contribution < -0.4 is 5.73 Å². The molecule has 2 N–H and O–H groups in total. The minimum absolute atomic E-state index is 0.0900. The maximum atomic E-state index is 11.6. The minimum Gasteiger partial charge on any atom is -0.466 e. The van der Waals surface area contributed by atoms with E-state index in [1.165, 1.54) is 0 Å². The highest BCUT2D eigenvalue weighted by Gasteiger charge is 2.19. The molecule has 0 aromatic heterocycles. The zero-order chi connectivity index (χ0) is 12.7. The second kappa shape index (κ2) is 7.40. The Kier molecular flexibility index (Phi) is 6.15. The summed E-state index contributed by atoms with van der Waals surface area (Å²) < 4.78 is 4.77. The Morgan fingerprint density at radius 3 is 2.82 bits per heavy atom. The van der Waals surface area contributed by atoms with Crippen molar-refractivity contribution in [3.05, 3.63) is 0 Å². The van der Waals surface area contributed by atoms with Crippen molar-refractivity contribution in [2.75, 3.05) is 26.2 Å². The summed E-state index contributed by atoms with van der Waals surface area (Å²) in [7, 11) is 0. The molecule has 0 aromatic rings. The molecular formula is C12H22N2O3. The Hall–Kier alpha value is -0.940. The Labute approximate surface area is 102 Å². The highest BCUT2D eigenvalue weighted by Crippen LogP contribution is 2.08. The first-order chi connectivity index (χ1) is 8.11. The van der Waals surface area contributed by atoms with Gasteiger partial charge in [0.25, 0.3) is 0 Å². The number of piperidine rings is 1. The summed E-state index contributed by atoms with van der Waals surface area (Å²) in [5.74, 6) is -0.205. The van der Waals surface area contributed by atoms with E-state index in [0.29, 0.717) is 13.2 Å². The number of esters is 1. The summed E-state index contributed by atoms with van der Waals surface area (Å²) in [6.07, 6.45) is 2.54. The van der Waals surface area contributed by atoms with Gasteiger partial charge in [-0.05, 0) is 26.3 Å². The van der Waals surface area contributed by atoms with Gasteiger partial charge in [-0.1, -0.05) is 0 Å². The van der Waals surface area contributed by atoms with E-state index in [2.05, 4.69) is 4.90 Å². The van der Waals surface area contributed by atoms with E-state index in [1.807, 2.05) is 0 Å². The van der Waals surface area contributed by atoms with E-state index in [9.17, 15) is 9.59 Å². The number of ether oxygens (including phenoxy) is 1. The molecule has 1 heterocycles. The predicted octanol–water partition coefficient (Wildman–Crippen LogP) is 0.322. The lowest BCUT2D eigenvalue weighted by molar-refractivity contribution is -0.144. The van der Waals surface area contributed by atoms with Crippen LogP contribution in [0.5, 0.6) is 0 Å². The average molecular weight is 242 g/mol. The van der Waals surface area contributed by atoms with Crippen LogP contribution in [0, 0.1) is 0 Å². The molecule has 0 radical (unpaired) electrons. The zero-order valence-electron chi connectivity index (χ0n) is 10.5. The van der Waals surface area contributed by atoms with Crippen LogP contribution in [0.25, 0.3) is 0 Å². The lowest BCUT2D eigenvalue weighted by atomic mass is 10.1. The molecule has 0 saturated carbocycles. The molecule has 0 aliphatic carbocycles. The molecule has 1 atom stereocenters. The number of ketones is 1. The Bertz CT molecular complexity index is 268. The van der Waals surface area contributed by atoms with Crippen molar-refractivity contribution >= 4 is 11.8 Å². The van der Waals surface area contributed by atoms with E-state index in [4.69, 9.17) is 10.5 Å². The quantitative estimate of drug-likeness (QED) is 0.679. The molecule has 1 aliphatic rings. The van der Waals surface area contributed by atoms with Crippen molar-refractivity contribution in [1.82, 2.24) is 4.90 Å². The topological polar surface area (TPSA) is 72.6 Å². The highest BCUT2D eigenvalue weighted by molar-refractivity contribution is 5.84. The molecule has 0 aromatic carbocycles. The lowest BCUT2D eigenvalue weighted by Gasteiger charge is -2.29. The first-order valence-electron chi connectivity index (χ1n) is 6.27. The summed E-state index contributed by atoms with van der Waals surface area (Å²) >= 11 is 0. The van der Waals surface area contributed by atoms with Crippen LogP contribution in [-0.4, -0.2) is 48.9 Å². The molecule has 0 bridgehead atoms. The van der Waals surface area contributed by atoms with Crippen LogP contribution in [0.15, 0.2) is 0 Å². The molecule has 1 aliphatic heterocycles. The number of hydrogen-bond acceptors (Lipinski definition) is 5. The summed E-state index contributed by atoms with van der Waals surface area (Å²) in [5, 5.41) is 0. The largest absolute Gasteiger partial charge is 0.466 e. The van der Waals surface area contributed by atoms with Crippen LogP contribution in [0.2, 0.25) is 0 Å². The fraction of sp³-hybridized carbons (Fsp3) is 0.833. The average Bonchev–Trinajstić information content (AvgIpc) is 2.27. The van der Waals surface area contributed by atoms with Crippen LogP contribution in [-0.2, 0) is 14.3 Å². The molecule has 1 unspecified atom stereocenters. The maximum absolute atomic E-state index is 11.6. The Morgan fingerprint density at radius 2 is 2.18 bits per heavy atom. The SMILES string of the molecule is CCOC(=O)CCC(=O)CN1CCCC(N)C1. The van der Waals surface area contributed by atoms with Gasteiger partial charge in [-0.3, -0.25) is 14.5 Å². The Morgan fingerprint density at radius 1 is 1.41 bits per heavy atom. The number of carbonyl (C=O) groups is 2. The second-order valence-electron chi connectivity index (χ2n) is 4.48. The number of carbonyl (C=O) groups excluding carboxylic acids is 2. The fourth-order valence-corrected chi connectivity index (χ4v) is 2.04. The van der Waals surface area contributed by atoms with Gasteiger partial charge in [-0.2, -0.15) is 0 Å². The van der Waals surface area contributed by atoms with Gasteiger partial charge in [0, 0.05) is 19.0 Å². The van der Waals surface area contributed by atoms with E-state index < -0.39 is 0 Å². The van der Waals surface area contributed by atoms with Crippen molar-refractivity contribution in [1.29, 1.82) is 0 Å². The van der Waals surface area contributed by atoms with Gasteiger partial charge >= 0.3 is 5.97 Å². The molecule has 1 saturated heterocycles. The minimum atomic E-state index is -0.295. The van der Waals surface area contributed by atoms with Crippen molar-refractivity contribution < 1.29 is 14.3 Å². The fourth-order valence-electron chi connectivity index (χ4n) is 2.04. The van der Waals surface area contributed by atoms with Crippen molar-refractivity contribution in [3.63, 3.8) is 0 Å². The predicted molar refractivity (Wildman–Crippen MR) is 64.5 cm³/mol. The smallest absolute Gasteiger partial charge is 0.306 e. The second-order valence-corrected chi connectivity index (χ2v) is 4.48. The number of Topliss-reactive ketones (excluding diaryl/α,β-unsaturated/α-hetero) is 1. The van der Waals surface area contributed by atoms with Gasteiger partial charge in [0.2, 0.25) is 0 Å². The molecular weight excluding hydrogens is 220 g/mol. The van der Waals surface area contributed by atoms with Gasteiger partial charge in [-0.25, -0.2) is 0 Å². The summed E-state index contributed by atoms with van der Waals surface area (Å²) in [5.41, 5.74) is 5.84. The first kappa shape index (κ1) is 14.1. The van der Waals surface area contributed by atoms with Crippen LogP contribution in [0.4, 0.5) is 0 Å². The number of hydrogen-bond donors (Lipinski definition) is 1. The summed E-state index contributed by atoms with van der Waals surface area (Å²) in [4.78, 5) is 24.8. The molecule has 1 rings (SSSR count). The third kappa shape index (κ3) is 5.79. The molecule has 17 heavy (non-hydrogen) atoms. The van der Waals surface area contributed by atoms with Gasteiger partial charge in [0.15, 0.2) is 0 Å². The van der Waals surface area contributed by atoms with Crippen LogP contribution in [0.1, 0.15) is 32.6 Å². The molecule has 5 heteroatoms. The number of rotatable bonds is 6. The standard InChI is InChI=1S/C12H22N2O3/c1-2-17-12(16)6-5-11(15)9-14-7-3-4-10(13)8-14/h10H,2-9,13H2,1H3. The molecule has 5 nitrogen and oxygen atoms in total. The van der Waals surface area contributed by atoms with E-state index >= 15 is 0 Å². The first-order valence-corrected chi connectivity index (χ1v) is 6.27. The summed E-state index contributed by atoms with van der Waals surface area (Å²) in [6.45, 7) is 4.25. The third-order valence-corrected chi connectivity index (χ3v) is 2.86. The van der Waals surface area contributed by atoms with Crippen molar-refractivity contribution in [2.24, 2.45) is 5.73 Å². The van der Waals surface area contributed by atoms with Crippen molar-refractivity contribution in [3.8, 4) is 0 Å². The number of likely N-dealkylation sites (tertiary alicyclic amines) is 1. The molecule has 0 spiro atoms. The molecule has 0 amide bonds. The highest BCUT2D eigenvalue weighted by atomic mass is 16.5.